The van der Waals surface area contributed by atoms with Gasteiger partial charge in [0.1, 0.15) is 0 Å². The molecule has 0 aliphatic rings. The average molecular weight is 227 g/mol. The van der Waals surface area contributed by atoms with Gasteiger partial charge in [0.2, 0.25) is 0 Å². The normalized spacial score (nSPS) is 10.6. The first-order valence-electron chi connectivity index (χ1n) is 3.37. The summed E-state index contributed by atoms with van der Waals surface area (Å²) in [5.41, 5.74) is -0.212. The molecule has 1 aromatic carbocycles. The number of benzene rings is 1. The Morgan fingerprint density at radius 1 is 1.23 bits per heavy atom. The lowest BCUT2D eigenvalue weighted by atomic mass is 10.2. The van der Waals surface area contributed by atoms with Crippen LogP contribution in [0.5, 0.6) is 5.75 Å². The van der Waals surface area contributed by atoms with Gasteiger partial charge in [-0.3, -0.25) is 0 Å². The fourth-order valence-corrected chi connectivity index (χ4v) is 1.56. The van der Waals surface area contributed by atoms with Crippen LogP contribution in [0.3, 0.4) is 0 Å². The van der Waals surface area contributed by atoms with Crippen LogP contribution in [-0.2, 0) is 0 Å². The van der Waals surface area contributed by atoms with Gasteiger partial charge < -0.3 is 4.74 Å². The van der Waals surface area contributed by atoms with Crippen molar-refractivity contribution in [1.82, 2.24) is 0 Å². The van der Waals surface area contributed by atoms with Gasteiger partial charge in [0.15, 0.2) is 5.75 Å². The van der Waals surface area contributed by atoms with E-state index in [1.165, 1.54) is 7.11 Å². The molecule has 0 saturated heterocycles. The van der Waals surface area contributed by atoms with Crippen molar-refractivity contribution in [2.75, 3.05) is 7.11 Å². The van der Waals surface area contributed by atoms with E-state index in [1.54, 1.807) is 0 Å². The Bertz CT molecular complexity index is 292. The molecule has 0 aliphatic carbocycles. The lowest BCUT2D eigenvalue weighted by Crippen LogP contribution is -1.89. The van der Waals surface area contributed by atoms with E-state index in [4.69, 9.17) is 27.9 Å². The highest BCUT2D eigenvalue weighted by molar-refractivity contribution is 6.37. The van der Waals surface area contributed by atoms with Crippen molar-refractivity contribution in [3.05, 3.63) is 27.7 Å². The maximum atomic E-state index is 12.2. The van der Waals surface area contributed by atoms with E-state index in [1.807, 2.05) is 0 Å². The van der Waals surface area contributed by atoms with Crippen LogP contribution in [-0.4, -0.2) is 7.11 Å². The third-order valence-corrected chi connectivity index (χ3v) is 2.04. The summed E-state index contributed by atoms with van der Waals surface area (Å²) in [6.45, 7) is 0. The fraction of sp³-hybridized carbons (Fsp3) is 0.250. The molecule has 0 N–H and O–H groups in total. The van der Waals surface area contributed by atoms with Gasteiger partial charge in [0.25, 0.3) is 6.43 Å². The Hall–Kier alpha value is -0.540. The van der Waals surface area contributed by atoms with E-state index < -0.39 is 6.43 Å². The Labute approximate surface area is 84.2 Å². The van der Waals surface area contributed by atoms with Gasteiger partial charge >= 0.3 is 0 Å². The maximum absolute atomic E-state index is 12.2. The summed E-state index contributed by atoms with van der Waals surface area (Å²) < 4.78 is 29.2. The minimum absolute atomic E-state index is 0.0882. The zero-order chi connectivity index (χ0) is 10.0. The zero-order valence-corrected chi connectivity index (χ0v) is 8.16. The monoisotopic (exact) mass is 226 g/mol. The summed E-state index contributed by atoms with van der Waals surface area (Å²) in [7, 11) is 1.37. The molecular weight excluding hydrogens is 221 g/mol. The number of alkyl halides is 2. The average Bonchev–Trinajstić information content (AvgIpc) is 2.03. The molecule has 0 radical (unpaired) electrons. The molecule has 72 valence electrons. The summed E-state index contributed by atoms with van der Waals surface area (Å²) in [6.07, 6.45) is -2.58. The molecule has 0 heterocycles. The molecule has 1 nitrogen and oxygen atoms in total. The van der Waals surface area contributed by atoms with Crippen LogP contribution in [0.25, 0.3) is 0 Å². The number of ether oxygens (including phenoxy) is 1. The predicted octanol–water partition coefficient (Wildman–Crippen LogP) is 3.94. The second-order valence-corrected chi connectivity index (χ2v) is 3.13. The Balaban J connectivity index is 3.20. The fourth-order valence-electron chi connectivity index (χ4n) is 0.900. The largest absolute Gasteiger partial charge is 0.494 e. The molecule has 5 heteroatoms. The number of methoxy groups -OCH3 is 1. The highest BCUT2D eigenvalue weighted by Crippen LogP contribution is 2.36. The number of hydrogen-bond donors (Lipinski definition) is 0. The lowest BCUT2D eigenvalue weighted by molar-refractivity contribution is 0.151. The molecule has 0 saturated carbocycles. The Morgan fingerprint density at radius 3 is 2.00 bits per heavy atom. The molecule has 0 bridgehead atoms. The summed E-state index contributed by atoms with van der Waals surface area (Å²) in [5, 5.41) is 0.176. The van der Waals surface area contributed by atoms with Crippen molar-refractivity contribution in [3.8, 4) is 5.75 Å². The van der Waals surface area contributed by atoms with Crippen LogP contribution in [0, 0.1) is 0 Å². The van der Waals surface area contributed by atoms with E-state index >= 15 is 0 Å². The van der Waals surface area contributed by atoms with Crippen LogP contribution >= 0.6 is 23.2 Å². The van der Waals surface area contributed by atoms with Crippen LogP contribution < -0.4 is 4.74 Å². The van der Waals surface area contributed by atoms with Crippen molar-refractivity contribution >= 4 is 23.2 Å². The number of halogens is 4. The van der Waals surface area contributed by atoms with E-state index in [-0.39, 0.29) is 21.4 Å². The summed E-state index contributed by atoms with van der Waals surface area (Å²) in [4.78, 5) is 0. The molecule has 0 amide bonds. The van der Waals surface area contributed by atoms with Crippen molar-refractivity contribution in [2.45, 2.75) is 6.43 Å². The van der Waals surface area contributed by atoms with Crippen LogP contribution in [0.1, 0.15) is 12.0 Å². The summed E-state index contributed by atoms with van der Waals surface area (Å²) in [5.74, 6) is 0.215. The highest BCUT2D eigenvalue weighted by Gasteiger charge is 2.13. The quantitative estimate of drug-likeness (QED) is 0.743. The maximum Gasteiger partial charge on any atom is 0.263 e. The van der Waals surface area contributed by atoms with Gasteiger partial charge in [-0.2, -0.15) is 0 Å². The molecular formula is C8H6Cl2F2O. The summed E-state index contributed by atoms with van der Waals surface area (Å²) in [6, 6.07) is 2.27. The van der Waals surface area contributed by atoms with Crippen LogP contribution in [0.4, 0.5) is 8.78 Å². The zero-order valence-electron chi connectivity index (χ0n) is 6.65. The van der Waals surface area contributed by atoms with Gasteiger partial charge in [-0.25, -0.2) is 8.78 Å². The molecule has 0 spiro atoms. The minimum Gasteiger partial charge on any atom is -0.494 e. The minimum atomic E-state index is -2.58. The van der Waals surface area contributed by atoms with Gasteiger partial charge in [0, 0.05) is 5.56 Å². The summed E-state index contributed by atoms with van der Waals surface area (Å²) >= 11 is 11.3. The molecule has 1 rings (SSSR count). The van der Waals surface area contributed by atoms with Crippen molar-refractivity contribution < 1.29 is 13.5 Å². The molecule has 0 aromatic heterocycles. The second kappa shape index (κ2) is 4.11. The third kappa shape index (κ3) is 2.23. The SMILES string of the molecule is COc1c(Cl)cc(C(F)F)cc1Cl. The highest BCUT2D eigenvalue weighted by atomic mass is 35.5. The number of rotatable bonds is 2. The molecule has 0 fully saturated rings. The van der Waals surface area contributed by atoms with Gasteiger partial charge in [-0.05, 0) is 12.1 Å². The first-order valence-corrected chi connectivity index (χ1v) is 4.13. The lowest BCUT2D eigenvalue weighted by Gasteiger charge is -2.07. The third-order valence-electron chi connectivity index (χ3n) is 1.48. The topological polar surface area (TPSA) is 9.23 Å². The van der Waals surface area contributed by atoms with Gasteiger partial charge in [-0.15, -0.1) is 0 Å². The Kier molecular flexibility index (Phi) is 3.33. The van der Waals surface area contributed by atoms with Gasteiger partial charge in [-0.1, -0.05) is 23.2 Å². The van der Waals surface area contributed by atoms with E-state index in [2.05, 4.69) is 0 Å². The molecule has 1 aromatic rings. The first-order chi connectivity index (χ1) is 6.06. The predicted molar refractivity (Wildman–Crippen MR) is 48.0 cm³/mol. The van der Waals surface area contributed by atoms with E-state index in [0.29, 0.717) is 0 Å². The Morgan fingerprint density at radius 2 is 1.69 bits per heavy atom. The van der Waals surface area contributed by atoms with Gasteiger partial charge in [0.05, 0.1) is 17.2 Å². The smallest absolute Gasteiger partial charge is 0.263 e. The van der Waals surface area contributed by atoms with Crippen molar-refractivity contribution in [1.29, 1.82) is 0 Å². The van der Waals surface area contributed by atoms with Crippen molar-refractivity contribution in [3.63, 3.8) is 0 Å². The number of hydrogen-bond acceptors (Lipinski definition) is 1. The molecule has 0 unspecified atom stereocenters. The van der Waals surface area contributed by atoms with Crippen LogP contribution in [0.15, 0.2) is 12.1 Å². The van der Waals surface area contributed by atoms with E-state index in [0.717, 1.165) is 12.1 Å². The molecule has 0 atom stereocenters. The standard InChI is InChI=1S/C8H6Cl2F2O/c1-13-7-5(9)2-4(8(11)12)3-6(7)10/h2-3,8H,1H3. The second-order valence-electron chi connectivity index (χ2n) is 2.32. The molecule has 0 aliphatic heterocycles. The van der Waals surface area contributed by atoms with Crippen molar-refractivity contribution in [2.24, 2.45) is 0 Å². The first kappa shape index (κ1) is 10.5. The van der Waals surface area contributed by atoms with Crippen LogP contribution in [0.2, 0.25) is 10.0 Å². The van der Waals surface area contributed by atoms with E-state index in [9.17, 15) is 8.78 Å². The molecule has 13 heavy (non-hydrogen) atoms.